The van der Waals surface area contributed by atoms with E-state index in [4.69, 9.17) is 5.73 Å². The van der Waals surface area contributed by atoms with Crippen LogP contribution in [-0.2, 0) is 0 Å². The number of nitrogens with two attached hydrogens (primary N) is 1. The number of hydrogen-bond donors (Lipinski definition) is 1. The van der Waals surface area contributed by atoms with Crippen molar-refractivity contribution in [1.82, 2.24) is 0 Å². The Morgan fingerprint density at radius 2 is 2.18 bits per heavy atom. The van der Waals surface area contributed by atoms with Gasteiger partial charge < -0.3 is 5.73 Å². The molecule has 1 nitrogen and oxygen atoms in total. The molecule has 0 saturated heterocycles. The van der Waals surface area contributed by atoms with Crippen molar-refractivity contribution in [2.75, 3.05) is 0 Å². The minimum atomic E-state index is 0.214. The van der Waals surface area contributed by atoms with Crippen LogP contribution in [0.4, 0.5) is 0 Å². The second-order valence-electron chi connectivity index (χ2n) is 3.81. The predicted molar refractivity (Wildman–Crippen MR) is 47.1 cm³/mol. The van der Waals surface area contributed by atoms with Gasteiger partial charge in [-0.1, -0.05) is 18.2 Å². The molecule has 11 heavy (non-hydrogen) atoms. The fourth-order valence-electron chi connectivity index (χ4n) is 1.88. The third kappa shape index (κ3) is 1.25. The SMILES string of the molecule is CC(N)C1=CC2CC(C=C1)C2. The summed E-state index contributed by atoms with van der Waals surface area (Å²) in [4.78, 5) is 0. The Kier molecular flexibility index (Phi) is 1.61. The molecular weight excluding hydrogens is 134 g/mol. The van der Waals surface area contributed by atoms with Crippen LogP contribution in [0.1, 0.15) is 19.8 Å². The van der Waals surface area contributed by atoms with Crippen molar-refractivity contribution in [3.05, 3.63) is 23.8 Å². The zero-order valence-electron chi connectivity index (χ0n) is 6.96. The largest absolute Gasteiger partial charge is 0.324 e. The van der Waals surface area contributed by atoms with E-state index in [-0.39, 0.29) is 6.04 Å². The third-order valence-electron chi connectivity index (χ3n) is 2.73. The molecule has 0 spiro atoms. The maximum atomic E-state index is 5.80. The summed E-state index contributed by atoms with van der Waals surface area (Å²) in [6.45, 7) is 2.05. The van der Waals surface area contributed by atoms with Gasteiger partial charge in [0.15, 0.2) is 0 Å². The van der Waals surface area contributed by atoms with Gasteiger partial charge in [-0.05, 0) is 37.2 Å². The first-order valence-electron chi connectivity index (χ1n) is 4.41. The summed E-state index contributed by atoms with van der Waals surface area (Å²) in [7, 11) is 0. The normalized spacial score (nSPS) is 37.1. The van der Waals surface area contributed by atoms with Crippen molar-refractivity contribution in [2.45, 2.75) is 25.8 Å². The average molecular weight is 149 g/mol. The first kappa shape index (κ1) is 7.11. The molecule has 60 valence electrons. The summed E-state index contributed by atoms with van der Waals surface area (Å²) in [5.41, 5.74) is 7.13. The molecule has 1 atom stereocenters. The van der Waals surface area contributed by atoms with Crippen LogP contribution in [0, 0.1) is 11.8 Å². The van der Waals surface area contributed by atoms with E-state index in [1.807, 2.05) is 0 Å². The summed E-state index contributed by atoms with van der Waals surface area (Å²) in [6, 6.07) is 0.214. The van der Waals surface area contributed by atoms with Crippen molar-refractivity contribution < 1.29 is 0 Å². The van der Waals surface area contributed by atoms with Crippen LogP contribution in [0.2, 0.25) is 0 Å². The van der Waals surface area contributed by atoms with Gasteiger partial charge in [0.25, 0.3) is 0 Å². The van der Waals surface area contributed by atoms with Crippen molar-refractivity contribution in [2.24, 2.45) is 17.6 Å². The van der Waals surface area contributed by atoms with E-state index in [9.17, 15) is 0 Å². The van der Waals surface area contributed by atoms with Crippen LogP contribution in [0.15, 0.2) is 23.8 Å². The number of allylic oxidation sites excluding steroid dienone is 2. The summed E-state index contributed by atoms with van der Waals surface area (Å²) in [5.74, 6) is 1.68. The second kappa shape index (κ2) is 2.49. The minimum Gasteiger partial charge on any atom is -0.324 e. The molecule has 0 radical (unpaired) electrons. The highest BCUT2D eigenvalue weighted by Crippen LogP contribution is 2.39. The summed E-state index contributed by atoms with van der Waals surface area (Å²) < 4.78 is 0. The van der Waals surface area contributed by atoms with Crippen molar-refractivity contribution >= 4 is 0 Å². The average Bonchev–Trinajstić information content (AvgIpc) is 2.13. The monoisotopic (exact) mass is 149 g/mol. The molecule has 1 unspecified atom stereocenters. The summed E-state index contributed by atoms with van der Waals surface area (Å²) in [5, 5.41) is 0. The lowest BCUT2D eigenvalue weighted by Crippen LogP contribution is -2.20. The van der Waals surface area contributed by atoms with E-state index in [1.165, 1.54) is 18.4 Å². The molecular formula is C10H15N. The van der Waals surface area contributed by atoms with E-state index in [0.29, 0.717) is 0 Å². The summed E-state index contributed by atoms with van der Waals surface area (Å²) >= 11 is 0. The van der Waals surface area contributed by atoms with Gasteiger partial charge in [-0.15, -0.1) is 0 Å². The predicted octanol–water partition coefficient (Wildman–Crippen LogP) is 1.86. The van der Waals surface area contributed by atoms with Crippen molar-refractivity contribution in [1.29, 1.82) is 0 Å². The zero-order chi connectivity index (χ0) is 7.84. The van der Waals surface area contributed by atoms with E-state index >= 15 is 0 Å². The number of rotatable bonds is 1. The van der Waals surface area contributed by atoms with Crippen LogP contribution in [0.5, 0.6) is 0 Å². The van der Waals surface area contributed by atoms with E-state index < -0.39 is 0 Å². The Morgan fingerprint density at radius 3 is 2.82 bits per heavy atom. The molecule has 1 saturated carbocycles. The highest BCUT2D eigenvalue weighted by molar-refractivity contribution is 5.29. The Bertz CT molecular complexity index is 207. The van der Waals surface area contributed by atoms with Gasteiger partial charge in [0.05, 0.1) is 0 Å². The highest BCUT2D eigenvalue weighted by Gasteiger charge is 2.27. The Morgan fingerprint density at radius 1 is 1.45 bits per heavy atom. The highest BCUT2D eigenvalue weighted by atomic mass is 14.6. The fourth-order valence-corrected chi connectivity index (χ4v) is 1.88. The van der Waals surface area contributed by atoms with E-state index in [0.717, 1.165) is 11.8 Å². The molecule has 0 amide bonds. The van der Waals surface area contributed by atoms with Crippen LogP contribution in [-0.4, -0.2) is 6.04 Å². The minimum absolute atomic E-state index is 0.214. The number of hydrogen-bond acceptors (Lipinski definition) is 1. The van der Waals surface area contributed by atoms with Gasteiger partial charge in [0.1, 0.15) is 0 Å². The van der Waals surface area contributed by atoms with Gasteiger partial charge in [-0.2, -0.15) is 0 Å². The molecule has 3 aliphatic rings. The smallest absolute Gasteiger partial charge is 0.0262 e. The molecule has 0 heterocycles. The molecule has 0 aliphatic heterocycles. The second-order valence-corrected chi connectivity index (χ2v) is 3.81. The van der Waals surface area contributed by atoms with Crippen LogP contribution < -0.4 is 5.73 Å². The maximum absolute atomic E-state index is 5.80. The van der Waals surface area contributed by atoms with Gasteiger partial charge in [-0.3, -0.25) is 0 Å². The first-order chi connectivity index (χ1) is 5.25. The number of fused-ring (bicyclic) bond motifs is 1. The molecule has 2 bridgehead atoms. The maximum Gasteiger partial charge on any atom is 0.0262 e. The first-order valence-corrected chi connectivity index (χ1v) is 4.41. The Hall–Kier alpha value is -0.560. The topological polar surface area (TPSA) is 26.0 Å². The molecule has 3 rings (SSSR count). The molecule has 3 aliphatic carbocycles. The van der Waals surface area contributed by atoms with E-state index in [1.54, 1.807) is 0 Å². The van der Waals surface area contributed by atoms with Gasteiger partial charge >= 0.3 is 0 Å². The van der Waals surface area contributed by atoms with Crippen molar-refractivity contribution in [3.63, 3.8) is 0 Å². The van der Waals surface area contributed by atoms with Crippen molar-refractivity contribution in [3.8, 4) is 0 Å². The molecule has 0 aromatic carbocycles. The molecule has 1 heteroatoms. The lowest BCUT2D eigenvalue weighted by atomic mass is 9.76. The van der Waals surface area contributed by atoms with Crippen LogP contribution >= 0.6 is 0 Å². The van der Waals surface area contributed by atoms with Gasteiger partial charge in [0, 0.05) is 6.04 Å². The third-order valence-corrected chi connectivity index (χ3v) is 2.73. The molecule has 1 fully saturated rings. The molecule has 2 N–H and O–H groups in total. The molecule has 0 aromatic heterocycles. The summed E-state index contributed by atoms with van der Waals surface area (Å²) in [6.07, 6.45) is 9.59. The lowest BCUT2D eigenvalue weighted by molar-refractivity contribution is 0.298. The lowest BCUT2D eigenvalue weighted by Gasteiger charge is -2.29. The van der Waals surface area contributed by atoms with Crippen LogP contribution in [0.25, 0.3) is 0 Å². The quantitative estimate of drug-likeness (QED) is 0.605. The van der Waals surface area contributed by atoms with Gasteiger partial charge in [0.2, 0.25) is 0 Å². The Balaban J connectivity index is 2.19. The molecule has 0 aromatic rings. The zero-order valence-corrected chi connectivity index (χ0v) is 6.96. The fraction of sp³-hybridized carbons (Fsp3) is 0.600. The van der Waals surface area contributed by atoms with E-state index in [2.05, 4.69) is 25.2 Å². The standard InChI is InChI=1S/C10H15N/c1-7(11)10-3-2-8-4-9(5-8)6-10/h2-3,6-9H,4-5,11H2,1H3. The Labute approximate surface area is 68.0 Å². The van der Waals surface area contributed by atoms with Gasteiger partial charge in [-0.25, -0.2) is 0 Å². The van der Waals surface area contributed by atoms with Crippen LogP contribution in [0.3, 0.4) is 0 Å².